The maximum Gasteiger partial charge on any atom is 0.252 e. The molecule has 1 saturated heterocycles. The van der Waals surface area contributed by atoms with Gasteiger partial charge in [0.25, 0.3) is 5.91 Å². The zero-order chi connectivity index (χ0) is 28.7. The molecule has 41 heavy (non-hydrogen) atoms. The molecule has 1 aliphatic heterocycles. The van der Waals surface area contributed by atoms with Gasteiger partial charge in [0.2, 0.25) is 21.8 Å². The number of benzene rings is 4. The quantitative estimate of drug-likeness (QED) is 0.210. The fourth-order valence-corrected chi connectivity index (χ4v) is 6.97. The third kappa shape index (κ3) is 4.93. The van der Waals surface area contributed by atoms with E-state index >= 15 is 0 Å². The minimum absolute atomic E-state index is 0.0222. The first-order valence-electron chi connectivity index (χ1n) is 12.9. The number of nitrogens with zero attached hydrogens (tertiary/aromatic N) is 3. The Morgan fingerprint density at radius 1 is 0.902 bits per heavy atom. The Morgan fingerprint density at radius 3 is 2.24 bits per heavy atom. The van der Waals surface area contributed by atoms with Crippen LogP contribution in [0, 0.1) is 0 Å². The van der Waals surface area contributed by atoms with Crippen LogP contribution in [0.25, 0.3) is 22.6 Å². The van der Waals surface area contributed by atoms with E-state index in [0.29, 0.717) is 38.8 Å². The summed E-state index contributed by atoms with van der Waals surface area (Å²) in [6.07, 6.45) is -0.296. The standard InChI is InChI=1S/C31H24ClN3O5S/c1-20(21-7-3-2-4-8-21)35(41(38,39)25-17-13-23(32)14-18-25)27-19-29(36)34(31(27)37)24-15-11-22(12-16-24)30-33-26-9-5-6-10-28(26)40-30/h2-18,20,27H,19H2,1H3. The Morgan fingerprint density at radius 2 is 1.56 bits per heavy atom. The molecule has 2 atom stereocenters. The molecule has 0 radical (unpaired) electrons. The van der Waals surface area contributed by atoms with Gasteiger partial charge in [-0.3, -0.25) is 9.59 Å². The smallest absolute Gasteiger partial charge is 0.252 e. The molecule has 0 saturated carbocycles. The highest BCUT2D eigenvalue weighted by atomic mass is 35.5. The second-order valence-corrected chi connectivity index (χ2v) is 12.0. The summed E-state index contributed by atoms with van der Waals surface area (Å²) in [6, 6.07) is 26.8. The number of imide groups is 1. The van der Waals surface area contributed by atoms with Crippen LogP contribution in [0.15, 0.2) is 112 Å². The number of halogens is 1. The molecule has 8 nitrogen and oxygen atoms in total. The number of fused-ring (bicyclic) bond motifs is 1. The van der Waals surface area contributed by atoms with E-state index in [4.69, 9.17) is 16.0 Å². The number of rotatable bonds is 7. The number of carbonyl (C=O) groups excluding carboxylic acids is 2. The lowest BCUT2D eigenvalue weighted by atomic mass is 10.1. The molecule has 206 valence electrons. The summed E-state index contributed by atoms with van der Waals surface area (Å²) in [7, 11) is -4.21. The van der Waals surface area contributed by atoms with Crippen molar-refractivity contribution in [2.45, 2.75) is 30.3 Å². The molecule has 0 spiro atoms. The van der Waals surface area contributed by atoms with Gasteiger partial charge in [0.1, 0.15) is 11.6 Å². The number of oxazole rings is 1. The first kappa shape index (κ1) is 26.9. The fourth-order valence-electron chi connectivity index (χ4n) is 5.09. The van der Waals surface area contributed by atoms with Crippen LogP contribution in [0.4, 0.5) is 5.69 Å². The van der Waals surface area contributed by atoms with Crippen LogP contribution in [0.3, 0.4) is 0 Å². The van der Waals surface area contributed by atoms with Crippen molar-refractivity contribution in [1.29, 1.82) is 0 Å². The predicted octanol–water partition coefficient (Wildman–Crippen LogP) is 6.23. The molecule has 0 aliphatic carbocycles. The van der Waals surface area contributed by atoms with Gasteiger partial charge < -0.3 is 4.42 Å². The monoisotopic (exact) mass is 585 g/mol. The number of amides is 2. The van der Waals surface area contributed by atoms with Gasteiger partial charge in [-0.1, -0.05) is 54.1 Å². The molecule has 1 aliphatic rings. The number of carbonyl (C=O) groups is 2. The molecule has 0 N–H and O–H groups in total. The Balaban J connectivity index is 1.34. The number of aromatic nitrogens is 1. The van der Waals surface area contributed by atoms with Crippen molar-refractivity contribution < 1.29 is 22.4 Å². The number of sulfonamides is 1. The summed E-state index contributed by atoms with van der Waals surface area (Å²) in [6.45, 7) is 1.71. The number of hydrogen-bond donors (Lipinski definition) is 0. The van der Waals surface area contributed by atoms with E-state index in [0.717, 1.165) is 9.21 Å². The van der Waals surface area contributed by atoms with E-state index in [1.807, 2.05) is 30.3 Å². The van der Waals surface area contributed by atoms with Gasteiger partial charge in [0.15, 0.2) is 5.58 Å². The molecular formula is C31H24ClN3O5S. The Hall–Kier alpha value is -4.31. The van der Waals surface area contributed by atoms with Crippen molar-refractivity contribution in [3.63, 3.8) is 0 Å². The number of hydrogen-bond acceptors (Lipinski definition) is 6. The summed E-state index contributed by atoms with van der Waals surface area (Å²) in [5.74, 6) is -0.706. The van der Waals surface area contributed by atoms with E-state index in [2.05, 4.69) is 4.98 Å². The molecular weight excluding hydrogens is 562 g/mol. The molecule has 1 fully saturated rings. The first-order chi connectivity index (χ1) is 19.7. The molecule has 2 unspecified atom stereocenters. The van der Waals surface area contributed by atoms with Crippen molar-refractivity contribution >= 4 is 50.2 Å². The average molecular weight is 586 g/mol. The van der Waals surface area contributed by atoms with Crippen LogP contribution in [-0.2, 0) is 19.6 Å². The largest absolute Gasteiger partial charge is 0.436 e. The zero-order valence-electron chi connectivity index (χ0n) is 21.8. The van der Waals surface area contributed by atoms with Gasteiger partial charge in [0.05, 0.1) is 17.0 Å². The molecule has 10 heteroatoms. The molecule has 1 aromatic heterocycles. The Kier molecular flexibility index (Phi) is 6.94. The van der Waals surface area contributed by atoms with Crippen molar-refractivity contribution in [3.8, 4) is 11.5 Å². The summed E-state index contributed by atoms with van der Waals surface area (Å²) in [5.41, 5.74) is 3.05. The van der Waals surface area contributed by atoms with Crippen LogP contribution in [-0.4, -0.2) is 35.6 Å². The van der Waals surface area contributed by atoms with Crippen LogP contribution >= 0.6 is 11.6 Å². The minimum atomic E-state index is -4.21. The van der Waals surface area contributed by atoms with E-state index in [-0.39, 0.29) is 11.3 Å². The minimum Gasteiger partial charge on any atom is -0.436 e. The van der Waals surface area contributed by atoms with E-state index < -0.39 is 33.9 Å². The number of anilines is 1. The van der Waals surface area contributed by atoms with Crippen molar-refractivity contribution in [2.24, 2.45) is 0 Å². The number of para-hydroxylation sites is 2. The van der Waals surface area contributed by atoms with Crippen LogP contribution < -0.4 is 4.90 Å². The normalized spacial score (nSPS) is 16.6. The van der Waals surface area contributed by atoms with Gasteiger partial charge in [-0.2, -0.15) is 4.31 Å². The van der Waals surface area contributed by atoms with Gasteiger partial charge in [0, 0.05) is 16.6 Å². The van der Waals surface area contributed by atoms with Crippen LogP contribution in [0.2, 0.25) is 5.02 Å². The molecule has 6 rings (SSSR count). The Labute approximate surface area is 241 Å². The van der Waals surface area contributed by atoms with E-state index in [9.17, 15) is 18.0 Å². The lowest BCUT2D eigenvalue weighted by Crippen LogP contribution is -2.46. The summed E-state index contributed by atoms with van der Waals surface area (Å²) in [4.78, 5) is 32.6. The van der Waals surface area contributed by atoms with Gasteiger partial charge >= 0.3 is 0 Å². The highest BCUT2D eigenvalue weighted by molar-refractivity contribution is 7.89. The first-order valence-corrected chi connectivity index (χ1v) is 14.7. The highest BCUT2D eigenvalue weighted by Crippen LogP contribution is 2.36. The maximum atomic E-state index is 14.0. The molecule has 2 heterocycles. The topological polar surface area (TPSA) is 101 Å². The average Bonchev–Trinajstić information content (AvgIpc) is 3.54. The van der Waals surface area contributed by atoms with Crippen molar-refractivity contribution in [2.75, 3.05) is 4.90 Å². The summed E-state index contributed by atoms with van der Waals surface area (Å²) in [5, 5.41) is 0.381. The fraction of sp³-hybridized carbons (Fsp3) is 0.129. The molecule has 0 bridgehead atoms. The van der Waals surface area contributed by atoms with Gasteiger partial charge in [-0.05, 0) is 73.2 Å². The van der Waals surface area contributed by atoms with Crippen molar-refractivity contribution in [1.82, 2.24) is 9.29 Å². The van der Waals surface area contributed by atoms with E-state index in [1.165, 1.54) is 24.3 Å². The zero-order valence-corrected chi connectivity index (χ0v) is 23.4. The Bertz CT molecular complexity index is 1820. The van der Waals surface area contributed by atoms with E-state index in [1.54, 1.807) is 55.5 Å². The molecule has 4 aromatic carbocycles. The molecule has 5 aromatic rings. The third-order valence-corrected chi connectivity index (χ3v) is 9.39. The molecule has 2 amide bonds. The van der Waals surface area contributed by atoms with Crippen LogP contribution in [0.1, 0.15) is 24.9 Å². The van der Waals surface area contributed by atoms with Crippen molar-refractivity contribution in [3.05, 3.63) is 114 Å². The summed E-state index contributed by atoms with van der Waals surface area (Å²) < 4.78 is 35.0. The SMILES string of the molecule is CC(c1ccccc1)N(C1CC(=O)N(c2ccc(-c3nc4ccccc4o3)cc2)C1=O)S(=O)(=O)c1ccc(Cl)cc1. The third-order valence-electron chi connectivity index (χ3n) is 7.15. The lowest BCUT2D eigenvalue weighted by Gasteiger charge is -2.32. The second kappa shape index (κ2) is 10.6. The van der Waals surface area contributed by atoms with Gasteiger partial charge in [-0.25, -0.2) is 18.3 Å². The van der Waals surface area contributed by atoms with Crippen LogP contribution in [0.5, 0.6) is 0 Å². The summed E-state index contributed by atoms with van der Waals surface area (Å²) >= 11 is 6.00. The highest BCUT2D eigenvalue weighted by Gasteiger charge is 2.49. The second-order valence-electron chi connectivity index (χ2n) is 9.70. The predicted molar refractivity (Wildman–Crippen MR) is 156 cm³/mol. The maximum absolute atomic E-state index is 14.0. The lowest BCUT2D eigenvalue weighted by molar-refractivity contribution is -0.122. The van der Waals surface area contributed by atoms with Gasteiger partial charge in [-0.15, -0.1) is 0 Å².